The van der Waals surface area contributed by atoms with Crippen molar-refractivity contribution in [2.75, 3.05) is 26.7 Å². The molecular weight excluding hydrogens is 582 g/mol. The SMILES string of the molecule is CN(CCCCC[C@@H]1Cc2cc(OC3CCCCO3)ccc2[C@@H]2[C@@H]1[C@@H]1CCC(=O)[C@@]1(C)C[C@@H]2F)CCC(O[Si](C)C)C(C)(C)C. The Labute approximate surface area is 275 Å². The van der Waals surface area contributed by atoms with E-state index in [9.17, 15) is 4.79 Å². The quantitative estimate of drug-likeness (QED) is 0.159. The molecule has 1 aromatic carbocycles. The van der Waals surface area contributed by atoms with Crippen molar-refractivity contribution in [1.29, 1.82) is 0 Å². The standard InChI is InChI=1S/C38H61FNO4Si/c1-37(2,3)33(44-45(6)7)19-21-40(5)20-11-8-9-13-26-23-27-24-28(43-34-14-10-12-22-42-34)15-16-29(27)36-31(39)25-38(4)30(35(26)36)17-18-32(38)41/h15-16,24,26,30-31,33-36H,8-14,17-23,25H2,1-7H3/t26-,30+,31+,33?,34?,35+,36+,38+/m1/s1. The van der Waals surface area contributed by atoms with Crippen molar-refractivity contribution in [1.82, 2.24) is 4.90 Å². The zero-order valence-electron chi connectivity index (χ0n) is 29.3. The predicted molar refractivity (Wildman–Crippen MR) is 182 cm³/mol. The number of carbonyl (C=O) groups is 1. The maximum absolute atomic E-state index is 16.3. The van der Waals surface area contributed by atoms with Crippen molar-refractivity contribution < 1.29 is 23.1 Å². The molecule has 0 bridgehead atoms. The number of Topliss-reactive ketones (excluding diaryl/α,β-unsaturated/α-hetero) is 1. The van der Waals surface area contributed by atoms with E-state index in [1.807, 2.05) is 6.07 Å². The third kappa shape index (κ3) is 8.24. The van der Waals surface area contributed by atoms with Crippen LogP contribution in [-0.2, 0) is 20.4 Å². The van der Waals surface area contributed by atoms with Gasteiger partial charge in [-0.15, -0.1) is 0 Å². The Morgan fingerprint density at radius 1 is 1.13 bits per heavy atom. The van der Waals surface area contributed by atoms with E-state index < -0.39 is 20.6 Å². The van der Waals surface area contributed by atoms with Crippen molar-refractivity contribution in [2.24, 2.45) is 28.6 Å². The number of carbonyl (C=O) groups excluding carboxylic acids is 1. The molecule has 0 amide bonds. The third-order valence-corrected chi connectivity index (χ3v) is 12.4. The summed E-state index contributed by atoms with van der Waals surface area (Å²) in [7, 11) is 1.52. The fraction of sp³-hybridized carbons (Fsp3) is 0.816. The molecule has 4 aliphatic rings. The third-order valence-electron chi connectivity index (χ3n) is 11.7. The summed E-state index contributed by atoms with van der Waals surface area (Å²) in [6, 6.07) is 6.35. The topological polar surface area (TPSA) is 48.0 Å². The normalized spacial score (nSPS) is 32.4. The minimum atomic E-state index is -0.972. The lowest BCUT2D eigenvalue weighted by Gasteiger charge is -2.53. The Hall–Kier alpha value is -1.28. The van der Waals surface area contributed by atoms with Crippen LogP contribution < -0.4 is 4.74 Å². The molecule has 5 rings (SSSR count). The Balaban J connectivity index is 1.21. The van der Waals surface area contributed by atoms with Crippen molar-refractivity contribution >= 4 is 14.8 Å². The molecule has 5 nitrogen and oxygen atoms in total. The van der Waals surface area contributed by atoms with Crippen LogP contribution in [0.25, 0.3) is 0 Å². The number of halogens is 1. The van der Waals surface area contributed by atoms with Gasteiger partial charge in [0, 0.05) is 30.7 Å². The second-order valence-electron chi connectivity index (χ2n) is 16.4. The smallest absolute Gasteiger partial charge is 0.205 e. The molecule has 0 spiro atoms. The van der Waals surface area contributed by atoms with Crippen molar-refractivity contribution in [3.05, 3.63) is 29.3 Å². The number of hydrogen-bond acceptors (Lipinski definition) is 5. The van der Waals surface area contributed by atoms with E-state index in [-0.39, 0.29) is 23.5 Å². The molecule has 7 heteroatoms. The second kappa shape index (κ2) is 14.9. The van der Waals surface area contributed by atoms with Crippen molar-refractivity contribution in [2.45, 2.75) is 142 Å². The van der Waals surface area contributed by atoms with Gasteiger partial charge in [-0.2, -0.15) is 0 Å². The molecule has 0 aromatic heterocycles. The van der Waals surface area contributed by atoms with Crippen LogP contribution in [-0.4, -0.2) is 65.0 Å². The summed E-state index contributed by atoms with van der Waals surface area (Å²) < 4.78 is 34.7. The molecule has 1 radical (unpaired) electrons. The molecule has 45 heavy (non-hydrogen) atoms. The molecule has 2 saturated carbocycles. The average molecular weight is 643 g/mol. The van der Waals surface area contributed by atoms with Crippen LogP contribution in [0.3, 0.4) is 0 Å². The van der Waals surface area contributed by atoms with Gasteiger partial charge in [-0.05, 0) is 124 Å². The van der Waals surface area contributed by atoms with Gasteiger partial charge in [-0.1, -0.05) is 46.6 Å². The molecule has 253 valence electrons. The Bertz CT molecular complexity index is 1130. The van der Waals surface area contributed by atoms with Crippen LogP contribution in [0.2, 0.25) is 13.1 Å². The fourth-order valence-corrected chi connectivity index (χ4v) is 10.3. The monoisotopic (exact) mass is 642 g/mol. The van der Waals surface area contributed by atoms with Gasteiger partial charge in [-0.25, -0.2) is 4.39 Å². The number of nitrogens with zero attached hydrogens (tertiary/aromatic N) is 1. The van der Waals surface area contributed by atoms with E-state index >= 15 is 4.39 Å². The van der Waals surface area contributed by atoms with Crippen LogP contribution in [0.5, 0.6) is 5.75 Å². The van der Waals surface area contributed by atoms with E-state index in [1.165, 1.54) is 24.0 Å². The first kappa shape index (κ1) is 35.0. The molecule has 2 unspecified atom stereocenters. The van der Waals surface area contributed by atoms with E-state index in [0.29, 0.717) is 36.6 Å². The Kier molecular flexibility index (Phi) is 11.6. The van der Waals surface area contributed by atoms with Crippen LogP contribution in [0, 0.1) is 28.6 Å². The molecule has 0 N–H and O–H groups in total. The molecule has 1 aliphatic heterocycles. The number of benzene rings is 1. The number of rotatable bonds is 13. The fourth-order valence-electron chi connectivity index (χ4n) is 9.22. The summed E-state index contributed by atoms with van der Waals surface area (Å²) in [6.45, 7) is 16.3. The van der Waals surface area contributed by atoms with Gasteiger partial charge in [-0.3, -0.25) is 4.79 Å². The van der Waals surface area contributed by atoms with Crippen molar-refractivity contribution in [3.8, 4) is 5.75 Å². The minimum Gasteiger partial charge on any atom is -0.465 e. The van der Waals surface area contributed by atoms with E-state index in [4.69, 9.17) is 13.9 Å². The summed E-state index contributed by atoms with van der Waals surface area (Å²) in [5.74, 6) is 1.98. The zero-order chi connectivity index (χ0) is 32.4. The molecule has 3 fully saturated rings. The largest absolute Gasteiger partial charge is 0.465 e. The van der Waals surface area contributed by atoms with Gasteiger partial charge in [0.05, 0.1) is 12.7 Å². The van der Waals surface area contributed by atoms with Gasteiger partial charge in [0.25, 0.3) is 0 Å². The van der Waals surface area contributed by atoms with E-state index in [2.05, 4.69) is 64.9 Å². The highest BCUT2D eigenvalue weighted by atomic mass is 28.3. The minimum absolute atomic E-state index is 0.111. The van der Waals surface area contributed by atoms with E-state index in [1.54, 1.807) is 0 Å². The lowest BCUT2D eigenvalue weighted by molar-refractivity contribution is -0.132. The van der Waals surface area contributed by atoms with E-state index in [0.717, 1.165) is 76.8 Å². The lowest BCUT2D eigenvalue weighted by Crippen LogP contribution is -2.50. The molecule has 1 heterocycles. The molecule has 3 aliphatic carbocycles. The van der Waals surface area contributed by atoms with Crippen LogP contribution in [0.4, 0.5) is 4.39 Å². The summed E-state index contributed by atoms with van der Waals surface area (Å²) in [5, 5.41) is 0. The number of ether oxygens (including phenoxy) is 2. The summed E-state index contributed by atoms with van der Waals surface area (Å²) in [4.78, 5) is 15.6. The van der Waals surface area contributed by atoms with Crippen molar-refractivity contribution in [3.63, 3.8) is 0 Å². The van der Waals surface area contributed by atoms with Gasteiger partial charge in [0.2, 0.25) is 9.04 Å². The molecular formula is C38H61FNO4Si. The molecule has 8 atom stereocenters. The Morgan fingerprint density at radius 3 is 2.64 bits per heavy atom. The number of unbranched alkanes of at least 4 members (excludes halogenated alkanes) is 2. The van der Waals surface area contributed by atoms with Crippen LogP contribution >= 0.6 is 0 Å². The number of hydrogen-bond donors (Lipinski definition) is 0. The summed E-state index contributed by atoms with van der Waals surface area (Å²) >= 11 is 0. The highest BCUT2D eigenvalue weighted by Crippen LogP contribution is 2.62. The first-order chi connectivity index (χ1) is 21.4. The first-order valence-electron chi connectivity index (χ1n) is 18.1. The van der Waals surface area contributed by atoms with Gasteiger partial charge in [0.1, 0.15) is 17.7 Å². The highest BCUT2D eigenvalue weighted by molar-refractivity contribution is 6.48. The highest BCUT2D eigenvalue weighted by Gasteiger charge is 2.60. The summed E-state index contributed by atoms with van der Waals surface area (Å²) in [5.41, 5.74) is 2.09. The lowest BCUT2D eigenvalue weighted by atomic mass is 9.51. The summed E-state index contributed by atoms with van der Waals surface area (Å²) in [6.07, 6.45) is 10.9. The van der Waals surface area contributed by atoms with Crippen LogP contribution in [0.15, 0.2) is 18.2 Å². The zero-order valence-corrected chi connectivity index (χ0v) is 30.3. The first-order valence-corrected chi connectivity index (χ1v) is 20.5. The molecule has 1 saturated heterocycles. The maximum atomic E-state index is 16.3. The average Bonchev–Trinajstić information content (AvgIpc) is 3.27. The predicted octanol–water partition coefficient (Wildman–Crippen LogP) is 8.76. The maximum Gasteiger partial charge on any atom is 0.205 e. The van der Waals surface area contributed by atoms with Gasteiger partial charge in [0.15, 0.2) is 6.29 Å². The number of fused-ring (bicyclic) bond motifs is 5. The number of ketones is 1. The Morgan fingerprint density at radius 2 is 1.93 bits per heavy atom. The molecule has 1 aromatic rings. The van der Waals surface area contributed by atoms with Crippen LogP contribution in [0.1, 0.15) is 115 Å². The van der Waals surface area contributed by atoms with Gasteiger partial charge >= 0.3 is 0 Å². The van der Waals surface area contributed by atoms with Gasteiger partial charge < -0.3 is 18.8 Å². The number of alkyl halides is 1. The second-order valence-corrected chi connectivity index (χ2v) is 18.4.